The molecular weight excluding hydrogens is 439 g/mol. The van der Waals surface area contributed by atoms with Gasteiger partial charge in [-0.1, -0.05) is 51.0 Å². The van der Waals surface area contributed by atoms with E-state index in [1.807, 2.05) is 17.5 Å². The Kier molecular flexibility index (Phi) is 6.54. The number of thiophene rings is 1. The van der Waals surface area contributed by atoms with Crippen molar-refractivity contribution < 1.29 is 14.0 Å². The first-order valence-electron chi connectivity index (χ1n) is 12.4. The van der Waals surface area contributed by atoms with Gasteiger partial charge in [0.15, 0.2) is 5.54 Å². The minimum absolute atomic E-state index is 0.0569. The van der Waals surface area contributed by atoms with Gasteiger partial charge in [-0.05, 0) is 43.2 Å². The Bertz CT molecular complexity index is 977. The Labute approximate surface area is 198 Å². The molecule has 0 bridgehead atoms. The predicted octanol–water partition coefficient (Wildman–Crippen LogP) is 4.95. The summed E-state index contributed by atoms with van der Waals surface area (Å²) in [5, 5.41) is 9.76. The minimum atomic E-state index is -1.55. The number of nitrogens with zero attached hydrogens (tertiary/aromatic N) is 3. The quantitative estimate of drug-likeness (QED) is 0.627. The molecule has 5 rings (SSSR count). The van der Waals surface area contributed by atoms with Crippen molar-refractivity contribution in [3.05, 3.63) is 29.3 Å². The third kappa shape index (κ3) is 4.22. The Morgan fingerprint density at radius 3 is 2.48 bits per heavy atom. The van der Waals surface area contributed by atoms with E-state index in [4.69, 9.17) is 0 Å². The Morgan fingerprint density at radius 2 is 1.82 bits per heavy atom. The predicted molar refractivity (Wildman–Crippen MR) is 127 cm³/mol. The number of halogens is 1. The van der Waals surface area contributed by atoms with E-state index in [0.717, 1.165) is 69.1 Å². The number of nitrogens with one attached hydrogen (secondary N) is 1. The van der Waals surface area contributed by atoms with Crippen LogP contribution in [0.2, 0.25) is 0 Å². The van der Waals surface area contributed by atoms with Gasteiger partial charge in [-0.25, -0.2) is 4.39 Å². The van der Waals surface area contributed by atoms with Crippen molar-refractivity contribution in [2.24, 2.45) is 0 Å². The molecule has 2 amide bonds. The fourth-order valence-corrected chi connectivity index (χ4v) is 6.52. The molecule has 2 aromatic heterocycles. The highest BCUT2D eigenvalue weighted by Gasteiger charge is 2.54. The summed E-state index contributed by atoms with van der Waals surface area (Å²) in [5.41, 5.74) is -0.386. The number of hydrogen-bond acceptors (Lipinski definition) is 4. The van der Waals surface area contributed by atoms with Crippen LogP contribution in [0.15, 0.2) is 23.6 Å². The van der Waals surface area contributed by atoms with Crippen LogP contribution < -0.4 is 5.32 Å². The normalized spacial score (nSPS) is 25.0. The lowest BCUT2D eigenvalue weighted by Crippen LogP contribution is -2.70. The van der Waals surface area contributed by atoms with Gasteiger partial charge < -0.3 is 10.2 Å². The first-order chi connectivity index (χ1) is 16.1. The van der Waals surface area contributed by atoms with Crippen molar-refractivity contribution >= 4 is 23.2 Å². The van der Waals surface area contributed by atoms with Crippen molar-refractivity contribution in [2.75, 3.05) is 6.67 Å². The van der Waals surface area contributed by atoms with Gasteiger partial charge in [0.25, 0.3) is 11.8 Å². The smallest absolute Gasteiger partial charge is 0.273 e. The molecule has 3 aliphatic rings. The van der Waals surface area contributed by atoms with E-state index in [1.54, 1.807) is 27.0 Å². The van der Waals surface area contributed by atoms with Gasteiger partial charge in [0.05, 0.1) is 11.4 Å². The molecule has 178 valence electrons. The molecule has 0 aromatic carbocycles. The van der Waals surface area contributed by atoms with E-state index < -0.39 is 12.2 Å². The van der Waals surface area contributed by atoms with Crippen LogP contribution in [0.25, 0.3) is 10.6 Å². The number of carbonyl (C=O) groups excluding carboxylic acids is 2. The summed E-state index contributed by atoms with van der Waals surface area (Å²) in [4.78, 5) is 30.3. The molecule has 1 aliphatic heterocycles. The molecule has 0 radical (unpaired) electrons. The van der Waals surface area contributed by atoms with E-state index in [-0.39, 0.29) is 30.4 Å². The molecule has 1 N–H and O–H groups in total. The number of aromatic nitrogens is 2. The van der Waals surface area contributed by atoms with Gasteiger partial charge in [-0.15, -0.1) is 11.3 Å². The van der Waals surface area contributed by atoms with Gasteiger partial charge in [-0.3, -0.25) is 14.3 Å². The largest absolute Gasteiger partial charge is 0.351 e. The number of fused-ring (bicyclic) bond motifs is 1. The second-order valence-electron chi connectivity index (χ2n) is 9.84. The lowest BCUT2D eigenvalue weighted by molar-refractivity contribution is -0.138. The molecule has 3 heterocycles. The molecule has 2 fully saturated rings. The zero-order chi connectivity index (χ0) is 22.8. The maximum atomic E-state index is 15.1. The molecule has 2 aromatic rings. The summed E-state index contributed by atoms with van der Waals surface area (Å²) < 4.78 is 16.7. The van der Waals surface area contributed by atoms with E-state index in [1.165, 1.54) is 6.42 Å². The molecule has 2 saturated carbocycles. The SMILES string of the molecule is O=C1c2cc(-c3cccs3)nn2CC(CF)(C(=O)NC2CCCCC2)N1C1CCCCCC1. The number of carbonyl (C=O) groups is 2. The molecule has 1 unspecified atom stereocenters. The average Bonchev–Trinajstić information content (AvgIpc) is 3.44. The Hall–Kier alpha value is -2.22. The molecule has 6 nitrogen and oxygen atoms in total. The highest BCUT2D eigenvalue weighted by molar-refractivity contribution is 7.13. The van der Waals surface area contributed by atoms with Crippen LogP contribution in [0.5, 0.6) is 0 Å². The Morgan fingerprint density at radius 1 is 1.12 bits per heavy atom. The topological polar surface area (TPSA) is 67.2 Å². The molecule has 8 heteroatoms. The van der Waals surface area contributed by atoms with Gasteiger partial charge in [0.2, 0.25) is 0 Å². The van der Waals surface area contributed by atoms with E-state index >= 15 is 4.39 Å². The van der Waals surface area contributed by atoms with Crippen molar-refractivity contribution in [3.8, 4) is 10.6 Å². The van der Waals surface area contributed by atoms with Gasteiger partial charge in [-0.2, -0.15) is 5.10 Å². The van der Waals surface area contributed by atoms with Crippen LogP contribution in [0, 0.1) is 0 Å². The molecule has 1 atom stereocenters. The third-order valence-electron chi connectivity index (χ3n) is 7.64. The van der Waals surface area contributed by atoms with Gasteiger partial charge in [0.1, 0.15) is 18.1 Å². The first-order valence-corrected chi connectivity index (χ1v) is 13.3. The summed E-state index contributed by atoms with van der Waals surface area (Å²) in [5.74, 6) is -0.617. The van der Waals surface area contributed by atoms with E-state index in [9.17, 15) is 9.59 Å². The minimum Gasteiger partial charge on any atom is -0.351 e. The number of alkyl halides is 1. The van der Waals surface area contributed by atoms with E-state index in [2.05, 4.69) is 10.4 Å². The average molecular weight is 473 g/mol. The van der Waals surface area contributed by atoms with Crippen LogP contribution in [0.3, 0.4) is 0 Å². The van der Waals surface area contributed by atoms with Crippen LogP contribution in [-0.4, -0.2) is 50.8 Å². The Balaban J connectivity index is 1.53. The van der Waals surface area contributed by atoms with Crippen LogP contribution in [0.4, 0.5) is 4.39 Å². The summed E-state index contributed by atoms with van der Waals surface area (Å²) in [6, 6.07) is 5.65. The maximum absolute atomic E-state index is 15.1. The summed E-state index contributed by atoms with van der Waals surface area (Å²) >= 11 is 1.55. The molecule has 33 heavy (non-hydrogen) atoms. The summed E-state index contributed by atoms with van der Waals surface area (Å²) in [6.07, 6.45) is 11.0. The number of rotatable bonds is 5. The van der Waals surface area contributed by atoms with Crippen molar-refractivity contribution in [2.45, 2.75) is 94.8 Å². The van der Waals surface area contributed by atoms with Crippen LogP contribution in [-0.2, 0) is 11.3 Å². The lowest BCUT2D eigenvalue weighted by Gasteiger charge is -2.48. The standard InChI is InChI=1S/C25H33FN4O2S/c26-16-25(24(32)27-18-9-4-3-5-10-18)17-29-21(15-20(28-29)22-13-8-14-33-22)23(31)30(25)19-11-6-1-2-7-12-19/h8,13-15,18-19H,1-7,9-12,16-17H2,(H,27,32). The van der Waals surface area contributed by atoms with Crippen molar-refractivity contribution in [3.63, 3.8) is 0 Å². The molecule has 0 saturated heterocycles. The summed E-state index contributed by atoms with van der Waals surface area (Å²) in [7, 11) is 0. The highest BCUT2D eigenvalue weighted by atomic mass is 32.1. The second kappa shape index (κ2) is 9.57. The highest BCUT2D eigenvalue weighted by Crippen LogP contribution is 2.37. The zero-order valence-corrected chi connectivity index (χ0v) is 19.9. The lowest BCUT2D eigenvalue weighted by atomic mass is 9.88. The fourth-order valence-electron chi connectivity index (χ4n) is 5.84. The molecular formula is C25H33FN4O2S. The van der Waals surface area contributed by atoms with Crippen LogP contribution in [0.1, 0.15) is 81.1 Å². The summed E-state index contributed by atoms with van der Waals surface area (Å²) in [6.45, 7) is -0.841. The van der Waals surface area contributed by atoms with Gasteiger partial charge >= 0.3 is 0 Å². The van der Waals surface area contributed by atoms with E-state index in [0.29, 0.717) is 11.4 Å². The molecule has 0 spiro atoms. The first kappa shape index (κ1) is 22.6. The van der Waals surface area contributed by atoms with Gasteiger partial charge in [0, 0.05) is 12.1 Å². The van der Waals surface area contributed by atoms with Crippen molar-refractivity contribution in [1.82, 2.24) is 20.0 Å². The van der Waals surface area contributed by atoms with Crippen LogP contribution >= 0.6 is 11.3 Å². The third-order valence-corrected chi connectivity index (χ3v) is 8.53. The number of hydrogen-bond donors (Lipinski definition) is 1. The monoisotopic (exact) mass is 472 g/mol. The fraction of sp³-hybridized carbons (Fsp3) is 0.640. The maximum Gasteiger partial charge on any atom is 0.273 e. The number of amides is 2. The van der Waals surface area contributed by atoms with Crippen molar-refractivity contribution in [1.29, 1.82) is 0 Å². The zero-order valence-electron chi connectivity index (χ0n) is 19.1. The second-order valence-corrected chi connectivity index (χ2v) is 10.8. The molecule has 2 aliphatic carbocycles.